The molecular formula is C13H15N5S. The molecule has 1 heterocycles. The van der Waals surface area contributed by atoms with E-state index in [1.54, 1.807) is 6.21 Å². The van der Waals surface area contributed by atoms with Crippen molar-refractivity contribution in [2.24, 2.45) is 10.8 Å². The number of aromatic nitrogens is 2. The Morgan fingerprint density at radius 2 is 2.05 bits per heavy atom. The molecule has 2 rings (SSSR count). The van der Waals surface area contributed by atoms with Gasteiger partial charge in [0, 0.05) is 5.56 Å². The van der Waals surface area contributed by atoms with E-state index >= 15 is 0 Å². The molecule has 0 saturated carbocycles. The zero-order valence-electron chi connectivity index (χ0n) is 10.8. The minimum absolute atomic E-state index is 0.141. The third-order valence-electron chi connectivity index (χ3n) is 2.72. The van der Waals surface area contributed by atoms with E-state index in [4.69, 9.17) is 18.0 Å². The average molecular weight is 273 g/mol. The lowest BCUT2D eigenvalue weighted by Crippen LogP contribution is -2.24. The fourth-order valence-corrected chi connectivity index (χ4v) is 1.88. The lowest BCUT2D eigenvalue weighted by Gasteiger charge is -2.03. The van der Waals surface area contributed by atoms with Crippen molar-refractivity contribution in [1.82, 2.24) is 15.2 Å². The Bertz CT molecular complexity index is 615. The SMILES string of the molecule is Cc1nn(-c2ccccc2)c(C)c1/C=N/NC(N)=S. The van der Waals surface area contributed by atoms with Crippen LogP contribution in [0.4, 0.5) is 0 Å². The van der Waals surface area contributed by atoms with Gasteiger partial charge in [0.05, 0.1) is 23.3 Å². The second-order valence-corrected chi connectivity index (χ2v) is 4.51. The highest BCUT2D eigenvalue weighted by atomic mass is 32.1. The zero-order valence-corrected chi connectivity index (χ0v) is 11.6. The molecule has 0 aliphatic rings. The number of benzene rings is 1. The van der Waals surface area contributed by atoms with Gasteiger partial charge in [0.2, 0.25) is 0 Å². The molecule has 2 aromatic rings. The van der Waals surface area contributed by atoms with Gasteiger partial charge in [-0.05, 0) is 38.2 Å². The van der Waals surface area contributed by atoms with Gasteiger partial charge >= 0.3 is 0 Å². The van der Waals surface area contributed by atoms with E-state index in [1.165, 1.54) is 0 Å². The molecule has 0 atom stereocenters. The average Bonchev–Trinajstić information content (AvgIpc) is 2.67. The number of hydrogen-bond acceptors (Lipinski definition) is 3. The molecule has 0 spiro atoms. The number of nitrogens with zero attached hydrogens (tertiary/aromatic N) is 3. The Morgan fingerprint density at radius 1 is 1.37 bits per heavy atom. The summed E-state index contributed by atoms with van der Waals surface area (Å²) in [7, 11) is 0. The fourth-order valence-electron chi connectivity index (χ4n) is 1.82. The van der Waals surface area contributed by atoms with Gasteiger partial charge < -0.3 is 5.73 Å². The molecule has 98 valence electrons. The van der Waals surface area contributed by atoms with Crippen LogP contribution >= 0.6 is 12.2 Å². The molecule has 1 aromatic heterocycles. The van der Waals surface area contributed by atoms with Crippen LogP contribution in [0.15, 0.2) is 35.4 Å². The zero-order chi connectivity index (χ0) is 13.8. The van der Waals surface area contributed by atoms with Crippen LogP contribution in [0.3, 0.4) is 0 Å². The maximum absolute atomic E-state index is 5.31. The van der Waals surface area contributed by atoms with Crippen molar-refractivity contribution in [2.75, 3.05) is 0 Å². The van der Waals surface area contributed by atoms with Gasteiger partial charge in [-0.1, -0.05) is 18.2 Å². The number of hydrazone groups is 1. The van der Waals surface area contributed by atoms with Crippen LogP contribution in [0, 0.1) is 13.8 Å². The number of rotatable bonds is 3. The maximum Gasteiger partial charge on any atom is 0.184 e. The van der Waals surface area contributed by atoms with Gasteiger partial charge in [-0.25, -0.2) is 4.68 Å². The molecule has 3 N–H and O–H groups in total. The first-order valence-electron chi connectivity index (χ1n) is 5.79. The number of nitrogens with two attached hydrogens (primary N) is 1. The second kappa shape index (κ2) is 5.62. The van der Waals surface area contributed by atoms with E-state index in [-0.39, 0.29) is 5.11 Å². The first-order chi connectivity index (χ1) is 9.09. The Hall–Kier alpha value is -2.21. The minimum atomic E-state index is 0.141. The molecule has 19 heavy (non-hydrogen) atoms. The molecule has 0 aliphatic carbocycles. The van der Waals surface area contributed by atoms with Crippen LogP contribution in [0.2, 0.25) is 0 Å². The van der Waals surface area contributed by atoms with E-state index in [9.17, 15) is 0 Å². The highest BCUT2D eigenvalue weighted by molar-refractivity contribution is 7.80. The van der Waals surface area contributed by atoms with E-state index < -0.39 is 0 Å². The fraction of sp³-hybridized carbons (Fsp3) is 0.154. The molecule has 0 unspecified atom stereocenters. The van der Waals surface area contributed by atoms with Crippen LogP contribution in [-0.4, -0.2) is 21.1 Å². The van der Waals surface area contributed by atoms with E-state index in [0.29, 0.717) is 0 Å². The first-order valence-corrected chi connectivity index (χ1v) is 6.20. The predicted octanol–water partition coefficient (Wildman–Crippen LogP) is 1.66. The lowest BCUT2D eigenvalue weighted by molar-refractivity contribution is 0.833. The van der Waals surface area contributed by atoms with Crippen molar-refractivity contribution in [3.05, 3.63) is 47.3 Å². The standard InChI is InChI=1S/C13H15N5S/c1-9-12(8-15-16-13(14)19)10(2)18(17-9)11-6-4-3-5-7-11/h3-8H,1-2H3,(H3,14,16,19)/b15-8+. The topological polar surface area (TPSA) is 68.2 Å². The predicted molar refractivity (Wildman–Crippen MR) is 80.6 cm³/mol. The minimum Gasteiger partial charge on any atom is -0.375 e. The number of aryl methyl sites for hydroxylation is 1. The van der Waals surface area contributed by atoms with E-state index in [2.05, 4.69) is 15.6 Å². The quantitative estimate of drug-likeness (QED) is 0.507. The van der Waals surface area contributed by atoms with Crippen LogP contribution in [0.5, 0.6) is 0 Å². The molecule has 0 amide bonds. The molecule has 1 aromatic carbocycles. The van der Waals surface area contributed by atoms with Crippen molar-refractivity contribution < 1.29 is 0 Å². The van der Waals surface area contributed by atoms with Crippen molar-refractivity contribution in [2.45, 2.75) is 13.8 Å². The summed E-state index contributed by atoms with van der Waals surface area (Å²) in [4.78, 5) is 0. The maximum atomic E-state index is 5.31. The Kier molecular flexibility index (Phi) is 3.91. The van der Waals surface area contributed by atoms with Crippen LogP contribution in [0.25, 0.3) is 5.69 Å². The highest BCUT2D eigenvalue weighted by Gasteiger charge is 2.10. The van der Waals surface area contributed by atoms with Crippen molar-refractivity contribution in [3.63, 3.8) is 0 Å². The summed E-state index contributed by atoms with van der Waals surface area (Å²) in [5.74, 6) is 0. The summed E-state index contributed by atoms with van der Waals surface area (Å²) < 4.78 is 1.89. The van der Waals surface area contributed by atoms with Crippen molar-refractivity contribution in [3.8, 4) is 5.69 Å². The van der Waals surface area contributed by atoms with Gasteiger partial charge in [0.25, 0.3) is 0 Å². The monoisotopic (exact) mass is 273 g/mol. The largest absolute Gasteiger partial charge is 0.375 e. The molecule has 0 fully saturated rings. The van der Waals surface area contributed by atoms with Crippen LogP contribution in [-0.2, 0) is 0 Å². The van der Waals surface area contributed by atoms with Gasteiger partial charge in [-0.3, -0.25) is 5.43 Å². The Labute approximate surface area is 117 Å². The smallest absolute Gasteiger partial charge is 0.184 e. The molecule has 0 aliphatic heterocycles. The number of thiocarbonyl (C=S) groups is 1. The van der Waals surface area contributed by atoms with Gasteiger partial charge in [0.1, 0.15) is 0 Å². The van der Waals surface area contributed by atoms with Gasteiger partial charge in [-0.15, -0.1) is 0 Å². The van der Waals surface area contributed by atoms with Crippen molar-refractivity contribution in [1.29, 1.82) is 0 Å². The van der Waals surface area contributed by atoms with Gasteiger partial charge in [0.15, 0.2) is 5.11 Å². The number of para-hydroxylation sites is 1. The molecule has 0 saturated heterocycles. The highest BCUT2D eigenvalue weighted by Crippen LogP contribution is 2.15. The summed E-state index contributed by atoms with van der Waals surface area (Å²) in [6.45, 7) is 3.93. The Morgan fingerprint density at radius 3 is 2.68 bits per heavy atom. The first kappa shape index (κ1) is 13.2. The third kappa shape index (κ3) is 2.97. The second-order valence-electron chi connectivity index (χ2n) is 4.07. The lowest BCUT2D eigenvalue weighted by atomic mass is 10.2. The summed E-state index contributed by atoms with van der Waals surface area (Å²) in [5, 5.41) is 8.63. The summed E-state index contributed by atoms with van der Waals surface area (Å²) in [5.41, 5.74) is 11.7. The molecule has 6 heteroatoms. The van der Waals surface area contributed by atoms with E-state index in [1.807, 2.05) is 48.9 Å². The number of nitrogens with one attached hydrogen (secondary N) is 1. The normalized spacial score (nSPS) is 10.8. The summed E-state index contributed by atoms with van der Waals surface area (Å²) in [6.07, 6.45) is 1.68. The summed E-state index contributed by atoms with van der Waals surface area (Å²) >= 11 is 4.69. The molecular weight excluding hydrogens is 258 g/mol. The van der Waals surface area contributed by atoms with E-state index in [0.717, 1.165) is 22.6 Å². The Balaban J connectivity index is 2.35. The van der Waals surface area contributed by atoms with Crippen LogP contribution in [0.1, 0.15) is 17.0 Å². The molecule has 0 radical (unpaired) electrons. The number of hydrogen-bond donors (Lipinski definition) is 2. The van der Waals surface area contributed by atoms with Crippen LogP contribution < -0.4 is 11.2 Å². The van der Waals surface area contributed by atoms with Gasteiger partial charge in [-0.2, -0.15) is 10.2 Å². The third-order valence-corrected chi connectivity index (χ3v) is 2.81. The van der Waals surface area contributed by atoms with Crippen molar-refractivity contribution >= 4 is 23.5 Å². The summed E-state index contributed by atoms with van der Waals surface area (Å²) in [6, 6.07) is 9.95. The molecule has 0 bridgehead atoms. The molecule has 5 nitrogen and oxygen atoms in total.